The van der Waals surface area contributed by atoms with Crippen LogP contribution in [0.25, 0.3) is 0 Å². The third kappa shape index (κ3) is 4.99. The maximum absolute atomic E-state index is 13.9. The van der Waals surface area contributed by atoms with Gasteiger partial charge < -0.3 is 5.11 Å². The predicted molar refractivity (Wildman–Crippen MR) is 125 cm³/mol. The van der Waals surface area contributed by atoms with Crippen LogP contribution in [0.5, 0.6) is 0 Å². The zero-order chi connectivity index (χ0) is 23.0. The molecule has 0 aromatic heterocycles. The highest BCUT2D eigenvalue weighted by molar-refractivity contribution is 6.30. The smallest absolute Gasteiger partial charge is 0.126 e. The molecule has 0 radical (unpaired) electrons. The summed E-state index contributed by atoms with van der Waals surface area (Å²) in [5.41, 5.74) is 1.47. The lowest BCUT2D eigenvalue weighted by molar-refractivity contribution is -0.0309. The highest BCUT2D eigenvalue weighted by Crippen LogP contribution is 2.44. The molecule has 6 heteroatoms. The van der Waals surface area contributed by atoms with Gasteiger partial charge in [0.1, 0.15) is 11.6 Å². The van der Waals surface area contributed by atoms with Gasteiger partial charge in [-0.2, -0.15) is 0 Å². The van der Waals surface area contributed by atoms with Crippen LogP contribution in [-0.4, -0.2) is 28.7 Å². The lowest BCUT2D eigenvalue weighted by Crippen LogP contribution is -2.54. The zero-order valence-corrected chi connectivity index (χ0v) is 19.4. The number of likely N-dealkylation sites (tertiary alicyclic amines) is 1. The Morgan fingerprint density at radius 1 is 0.844 bits per heavy atom. The molecule has 2 nitrogen and oxygen atoms in total. The normalized spacial score (nSPS) is 17.1. The van der Waals surface area contributed by atoms with Gasteiger partial charge >= 0.3 is 0 Å². The number of hydrogen-bond donors (Lipinski definition) is 1. The van der Waals surface area contributed by atoms with Gasteiger partial charge in [0.15, 0.2) is 0 Å². The molecule has 3 aromatic rings. The van der Waals surface area contributed by atoms with E-state index in [-0.39, 0.29) is 12.0 Å². The number of benzene rings is 3. The standard InChI is InChI=1S/C26H25Cl2F2NO/c1-26(2,32)24(18-11-22(29)13-23(30)12-18)19-14-31(15-19)25(16-6-8-20(27)9-7-16)17-4-3-5-21(28)10-17/h3-13,19,24-25,32H,14-15H2,1-2H3. The Hall–Kier alpha value is -1.98. The molecule has 0 aliphatic carbocycles. The molecular weight excluding hydrogens is 451 g/mol. The number of aliphatic hydroxyl groups is 1. The van der Waals surface area contributed by atoms with Gasteiger partial charge in [-0.3, -0.25) is 4.90 Å². The number of rotatable bonds is 6. The van der Waals surface area contributed by atoms with E-state index >= 15 is 0 Å². The average molecular weight is 476 g/mol. The molecule has 0 saturated carbocycles. The maximum atomic E-state index is 13.9. The van der Waals surface area contributed by atoms with Crippen LogP contribution in [0.1, 0.15) is 42.5 Å². The number of nitrogens with zero attached hydrogens (tertiary/aromatic N) is 1. The van der Waals surface area contributed by atoms with Crippen molar-refractivity contribution in [3.63, 3.8) is 0 Å². The van der Waals surface area contributed by atoms with Crippen LogP contribution in [0.4, 0.5) is 8.78 Å². The summed E-state index contributed by atoms with van der Waals surface area (Å²) in [7, 11) is 0. The van der Waals surface area contributed by atoms with Crippen LogP contribution < -0.4 is 0 Å². The van der Waals surface area contributed by atoms with E-state index in [1.807, 2.05) is 48.5 Å². The Morgan fingerprint density at radius 2 is 1.47 bits per heavy atom. The summed E-state index contributed by atoms with van der Waals surface area (Å²) >= 11 is 12.4. The molecule has 3 aromatic carbocycles. The van der Waals surface area contributed by atoms with Gasteiger partial charge in [-0.15, -0.1) is 0 Å². The Labute approximate surface area is 197 Å². The van der Waals surface area contributed by atoms with E-state index in [2.05, 4.69) is 4.90 Å². The van der Waals surface area contributed by atoms with E-state index < -0.39 is 23.2 Å². The van der Waals surface area contributed by atoms with Crippen molar-refractivity contribution in [2.75, 3.05) is 13.1 Å². The second-order valence-electron chi connectivity index (χ2n) is 9.06. The zero-order valence-electron chi connectivity index (χ0n) is 17.9. The first-order chi connectivity index (χ1) is 15.1. The molecule has 32 heavy (non-hydrogen) atoms. The van der Waals surface area contributed by atoms with Crippen molar-refractivity contribution in [2.45, 2.75) is 31.4 Å². The number of hydrogen-bond acceptors (Lipinski definition) is 2. The molecule has 1 heterocycles. The summed E-state index contributed by atoms with van der Waals surface area (Å²) in [4.78, 5) is 2.29. The minimum absolute atomic E-state index is 0.0326. The van der Waals surface area contributed by atoms with Crippen LogP contribution in [-0.2, 0) is 0 Å². The van der Waals surface area contributed by atoms with Crippen LogP contribution >= 0.6 is 23.2 Å². The largest absolute Gasteiger partial charge is 0.390 e. The molecule has 0 amide bonds. The van der Waals surface area contributed by atoms with Crippen LogP contribution in [0.2, 0.25) is 10.0 Å². The van der Waals surface area contributed by atoms with E-state index in [1.54, 1.807) is 13.8 Å². The first kappa shape index (κ1) is 23.2. The van der Waals surface area contributed by atoms with Crippen molar-refractivity contribution in [3.8, 4) is 0 Å². The second-order valence-corrected chi connectivity index (χ2v) is 9.93. The quantitative estimate of drug-likeness (QED) is 0.421. The molecule has 1 fully saturated rings. The highest BCUT2D eigenvalue weighted by Gasteiger charge is 2.44. The van der Waals surface area contributed by atoms with Crippen molar-refractivity contribution >= 4 is 23.2 Å². The molecule has 2 unspecified atom stereocenters. The van der Waals surface area contributed by atoms with Crippen LogP contribution in [0.3, 0.4) is 0 Å². The molecule has 1 N–H and O–H groups in total. The predicted octanol–water partition coefficient (Wildman–Crippen LogP) is 6.85. The third-order valence-electron chi connectivity index (χ3n) is 6.13. The molecule has 2 atom stereocenters. The molecular formula is C26H25Cl2F2NO. The second kappa shape index (κ2) is 9.11. The van der Waals surface area contributed by atoms with Crippen LogP contribution in [0, 0.1) is 17.6 Å². The Balaban J connectivity index is 1.64. The van der Waals surface area contributed by atoms with Gasteiger partial charge in [0.2, 0.25) is 0 Å². The van der Waals surface area contributed by atoms with E-state index in [1.165, 1.54) is 12.1 Å². The lowest BCUT2D eigenvalue weighted by atomic mass is 9.71. The minimum Gasteiger partial charge on any atom is -0.390 e. The molecule has 168 valence electrons. The lowest BCUT2D eigenvalue weighted by Gasteiger charge is -2.50. The summed E-state index contributed by atoms with van der Waals surface area (Å²) in [5, 5.41) is 12.2. The molecule has 4 rings (SSSR count). The van der Waals surface area contributed by atoms with Gasteiger partial charge in [-0.1, -0.05) is 47.5 Å². The van der Waals surface area contributed by atoms with E-state index in [0.29, 0.717) is 28.7 Å². The summed E-state index contributed by atoms with van der Waals surface area (Å²) in [6.45, 7) is 4.70. The van der Waals surface area contributed by atoms with Crippen molar-refractivity contribution in [2.24, 2.45) is 5.92 Å². The third-order valence-corrected chi connectivity index (χ3v) is 6.62. The van der Waals surface area contributed by atoms with Crippen molar-refractivity contribution in [1.82, 2.24) is 4.90 Å². The van der Waals surface area contributed by atoms with E-state index in [0.717, 1.165) is 17.2 Å². The first-order valence-electron chi connectivity index (χ1n) is 10.5. The van der Waals surface area contributed by atoms with Crippen molar-refractivity contribution in [1.29, 1.82) is 0 Å². The molecule has 1 saturated heterocycles. The highest BCUT2D eigenvalue weighted by atomic mass is 35.5. The molecule has 0 bridgehead atoms. The monoisotopic (exact) mass is 475 g/mol. The number of halogens is 4. The van der Waals surface area contributed by atoms with Gasteiger partial charge in [0.25, 0.3) is 0 Å². The molecule has 1 aliphatic heterocycles. The van der Waals surface area contributed by atoms with Crippen molar-refractivity contribution < 1.29 is 13.9 Å². The van der Waals surface area contributed by atoms with Gasteiger partial charge in [-0.25, -0.2) is 8.78 Å². The van der Waals surface area contributed by atoms with Crippen LogP contribution in [0.15, 0.2) is 66.7 Å². The van der Waals surface area contributed by atoms with E-state index in [4.69, 9.17) is 23.2 Å². The van der Waals surface area contributed by atoms with Crippen molar-refractivity contribution in [3.05, 3.63) is 105 Å². The van der Waals surface area contributed by atoms with Gasteiger partial charge in [0.05, 0.1) is 11.6 Å². The van der Waals surface area contributed by atoms with Gasteiger partial charge in [-0.05, 0) is 72.9 Å². The fraction of sp³-hybridized carbons (Fsp3) is 0.308. The average Bonchev–Trinajstić information content (AvgIpc) is 2.66. The maximum Gasteiger partial charge on any atom is 0.126 e. The summed E-state index contributed by atoms with van der Waals surface area (Å²) < 4.78 is 27.8. The summed E-state index contributed by atoms with van der Waals surface area (Å²) in [6, 6.07) is 18.9. The molecule has 1 aliphatic rings. The van der Waals surface area contributed by atoms with Gasteiger partial charge in [0, 0.05) is 35.1 Å². The Bertz CT molecular complexity index is 1070. The Kier molecular flexibility index (Phi) is 6.60. The Morgan fingerprint density at radius 3 is 2.03 bits per heavy atom. The first-order valence-corrected chi connectivity index (χ1v) is 11.3. The summed E-state index contributed by atoms with van der Waals surface area (Å²) in [6.07, 6.45) is 0. The minimum atomic E-state index is -1.14. The van der Waals surface area contributed by atoms with E-state index in [9.17, 15) is 13.9 Å². The molecule has 0 spiro atoms. The summed E-state index contributed by atoms with van der Waals surface area (Å²) in [5.74, 6) is -1.65. The fourth-order valence-electron chi connectivity index (χ4n) is 4.92. The fourth-order valence-corrected chi connectivity index (χ4v) is 5.24. The SMILES string of the molecule is CC(C)(O)C(c1cc(F)cc(F)c1)C1CN(C(c2ccc(Cl)cc2)c2cccc(Cl)c2)C1. The topological polar surface area (TPSA) is 23.5 Å².